The minimum Gasteiger partial charge on any atom is -0.497 e. The summed E-state index contributed by atoms with van der Waals surface area (Å²) in [6.45, 7) is 4.45. The molecule has 154 valence electrons. The molecule has 0 atom stereocenters. The summed E-state index contributed by atoms with van der Waals surface area (Å²) in [5, 5.41) is 8.55. The summed E-state index contributed by atoms with van der Waals surface area (Å²) < 4.78 is 37.8. The summed E-state index contributed by atoms with van der Waals surface area (Å²) in [5.74, 6) is 1.76. The number of benzene rings is 2. The molecule has 0 bridgehead atoms. The third-order valence-electron chi connectivity index (χ3n) is 4.35. The lowest BCUT2D eigenvalue weighted by Crippen LogP contribution is -2.30. The first-order valence-corrected chi connectivity index (χ1v) is 11.6. The molecule has 2 aromatic carbocycles. The Morgan fingerprint density at radius 1 is 1.07 bits per heavy atom. The highest BCUT2D eigenvalue weighted by atomic mass is 32.2. The molecule has 3 aromatic rings. The number of methoxy groups -OCH3 is 1. The van der Waals surface area contributed by atoms with Gasteiger partial charge in [0.1, 0.15) is 5.75 Å². The number of thioether (sulfide) groups is 1. The van der Waals surface area contributed by atoms with Crippen molar-refractivity contribution in [2.45, 2.75) is 29.7 Å². The van der Waals surface area contributed by atoms with Gasteiger partial charge in [-0.3, -0.25) is 0 Å². The van der Waals surface area contributed by atoms with Crippen molar-refractivity contribution in [3.8, 4) is 17.2 Å². The van der Waals surface area contributed by atoms with Crippen molar-refractivity contribution >= 4 is 21.8 Å². The molecule has 0 aliphatic carbocycles. The zero-order valence-electron chi connectivity index (χ0n) is 16.5. The fourth-order valence-electron chi connectivity index (χ4n) is 2.75. The highest BCUT2D eigenvalue weighted by Crippen LogP contribution is 2.28. The number of rotatable bonds is 9. The second-order valence-corrected chi connectivity index (χ2v) is 8.99. The quantitative estimate of drug-likeness (QED) is 0.470. The van der Waals surface area contributed by atoms with Gasteiger partial charge in [-0.1, -0.05) is 43.8 Å². The Kier molecular flexibility index (Phi) is 6.94. The van der Waals surface area contributed by atoms with E-state index in [-0.39, 0.29) is 4.90 Å². The van der Waals surface area contributed by atoms with Crippen molar-refractivity contribution in [2.24, 2.45) is 0 Å². The number of hydrogen-bond acceptors (Lipinski definition) is 7. The van der Waals surface area contributed by atoms with E-state index in [1.165, 1.54) is 16.1 Å². The molecular formula is C20H23N3O4S2. The third kappa shape index (κ3) is 4.98. The number of ether oxygens (including phenoxy) is 1. The number of hydrogen-bond donors (Lipinski definition) is 0. The van der Waals surface area contributed by atoms with Gasteiger partial charge in [-0.2, -0.15) is 4.31 Å². The molecule has 1 aromatic heterocycles. The summed E-state index contributed by atoms with van der Waals surface area (Å²) in [7, 11) is -1.92. The van der Waals surface area contributed by atoms with Gasteiger partial charge in [0, 0.05) is 24.4 Å². The summed E-state index contributed by atoms with van der Waals surface area (Å²) in [6, 6.07) is 14.3. The van der Waals surface area contributed by atoms with E-state index in [4.69, 9.17) is 9.15 Å². The van der Waals surface area contributed by atoms with Crippen molar-refractivity contribution in [1.29, 1.82) is 0 Å². The van der Waals surface area contributed by atoms with Crippen LogP contribution in [0.25, 0.3) is 11.5 Å². The Hall–Kier alpha value is -2.36. The maximum absolute atomic E-state index is 12.7. The Labute approximate surface area is 175 Å². The van der Waals surface area contributed by atoms with Crippen LogP contribution >= 0.6 is 11.8 Å². The standard InChI is InChI=1S/C20H23N3O4S2/c1-4-23(5-2)29(24,25)18-8-6-7-16(13-18)19-21-22-20(27-19)28-14-15-9-11-17(26-3)12-10-15/h6-13H,4-5,14H2,1-3H3. The van der Waals surface area contributed by atoms with E-state index in [1.807, 2.05) is 38.1 Å². The van der Waals surface area contributed by atoms with Crippen LogP contribution in [0, 0.1) is 0 Å². The SMILES string of the molecule is CCN(CC)S(=O)(=O)c1cccc(-c2nnc(SCc3ccc(OC)cc3)o2)c1. The Balaban J connectivity index is 1.74. The molecule has 0 N–H and O–H groups in total. The lowest BCUT2D eigenvalue weighted by Gasteiger charge is -2.18. The topological polar surface area (TPSA) is 85.5 Å². The largest absolute Gasteiger partial charge is 0.497 e. The van der Waals surface area contributed by atoms with Gasteiger partial charge in [-0.05, 0) is 35.9 Å². The first-order valence-electron chi connectivity index (χ1n) is 9.17. The molecule has 0 radical (unpaired) electrons. The highest BCUT2D eigenvalue weighted by Gasteiger charge is 2.22. The van der Waals surface area contributed by atoms with Crippen molar-refractivity contribution in [3.63, 3.8) is 0 Å². The first kappa shape index (κ1) is 21.4. The van der Waals surface area contributed by atoms with E-state index in [2.05, 4.69) is 10.2 Å². The van der Waals surface area contributed by atoms with Crippen LogP contribution in [0.3, 0.4) is 0 Å². The third-order valence-corrected chi connectivity index (χ3v) is 7.29. The predicted molar refractivity (Wildman–Crippen MR) is 112 cm³/mol. The molecule has 0 saturated heterocycles. The van der Waals surface area contributed by atoms with Crippen molar-refractivity contribution < 1.29 is 17.6 Å². The molecule has 0 aliphatic rings. The molecule has 0 saturated carbocycles. The van der Waals surface area contributed by atoms with E-state index in [9.17, 15) is 8.42 Å². The zero-order chi connectivity index (χ0) is 20.9. The monoisotopic (exact) mass is 433 g/mol. The number of nitrogens with zero attached hydrogens (tertiary/aromatic N) is 3. The minimum absolute atomic E-state index is 0.212. The van der Waals surface area contributed by atoms with Gasteiger partial charge in [0.05, 0.1) is 12.0 Å². The number of aromatic nitrogens is 2. The lowest BCUT2D eigenvalue weighted by molar-refractivity contribution is 0.414. The van der Waals surface area contributed by atoms with E-state index in [0.29, 0.717) is 35.5 Å². The van der Waals surface area contributed by atoms with Gasteiger partial charge in [0.25, 0.3) is 5.22 Å². The van der Waals surface area contributed by atoms with Crippen molar-refractivity contribution in [3.05, 3.63) is 54.1 Å². The second-order valence-electron chi connectivity index (χ2n) is 6.13. The van der Waals surface area contributed by atoms with Crippen LogP contribution in [0.4, 0.5) is 0 Å². The second kappa shape index (κ2) is 9.43. The Bertz CT molecular complexity index is 1050. The van der Waals surface area contributed by atoms with E-state index in [0.717, 1.165) is 11.3 Å². The molecule has 3 rings (SSSR count). The average Bonchev–Trinajstić information content (AvgIpc) is 3.22. The molecule has 7 nitrogen and oxygen atoms in total. The molecule has 29 heavy (non-hydrogen) atoms. The van der Waals surface area contributed by atoms with Gasteiger partial charge >= 0.3 is 0 Å². The number of sulfonamides is 1. The minimum atomic E-state index is -3.55. The molecule has 0 unspecified atom stereocenters. The average molecular weight is 434 g/mol. The first-order chi connectivity index (χ1) is 14.0. The van der Waals surface area contributed by atoms with E-state index >= 15 is 0 Å². The van der Waals surface area contributed by atoms with Gasteiger partial charge < -0.3 is 9.15 Å². The lowest BCUT2D eigenvalue weighted by atomic mass is 10.2. The smallest absolute Gasteiger partial charge is 0.277 e. The predicted octanol–water partition coefficient (Wildman–Crippen LogP) is 4.07. The summed E-state index contributed by atoms with van der Waals surface area (Å²) in [4.78, 5) is 0.212. The zero-order valence-corrected chi connectivity index (χ0v) is 18.2. The van der Waals surface area contributed by atoms with Crippen LogP contribution < -0.4 is 4.74 Å². The van der Waals surface area contributed by atoms with Crippen LogP contribution in [-0.4, -0.2) is 43.1 Å². The van der Waals surface area contributed by atoms with Crippen LogP contribution in [0.5, 0.6) is 5.75 Å². The van der Waals surface area contributed by atoms with Gasteiger partial charge in [-0.25, -0.2) is 8.42 Å². The molecule has 1 heterocycles. The van der Waals surface area contributed by atoms with Gasteiger partial charge in [0.2, 0.25) is 15.9 Å². The molecule has 0 spiro atoms. The van der Waals surface area contributed by atoms with Crippen LogP contribution in [0.15, 0.2) is 63.1 Å². The Morgan fingerprint density at radius 3 is 2.45 bits per heavy atom. The Morgan fingerprint density at radius 2 is 1.79 bits per heavy atom. The molecular weight excluding hydrogens is 410 g/mol. The normalized spacial score (nSPS) is 11.7. The summed E-state index contributed by atoms with van der Waals surface area (Å²) in [5.41, 5.74) is 1.67. The summed E-state index contributed by atoms with van der Waals surface area (Å²) >= 11 is 1.42. The molecule has 0 aliphatic heterocycles. The highest BCUT2D eigenvalue weighted by molar-refractivity contribution is 7.98. The van der Waals surface area contributed by atoms with Crippen LogP contribution in [-0.2, 0) is 15.8 Å². The van der Waals surface area contributed by atoms with Crippen LogP contribution in [0.1, 0.15) is 19.4 Å². The van der Waals surface area contributed by atoms with Crippen molar-refractivity contribution in [1.82, 2.24) is 14.5 Å². The van der Waals surface area contributed by atoms with Crippen LogP contribution in [0.2, 0.25) is 0 Å². The maximum atomic E-state index is 12.7. The van der Waals surface area contributed by atoms with Gasteiger partial charge in [0.15, 0.2) is 0 Å². The van der Waals surface area contributed by atoms with Gasteiger partial charge in [-0.15, -0.1) is 10.2 Å². The fraction of sp³-hybridized carbons (Fsp3) is 0.300. The molecule has 9 heteroatoms. The van der Waals surface area contributed by atoms with E-state index < -0.39 is 10.0 Å². The maximum Gasteiger partial charge on any atom is 0.277 e. The van der Waals surface area contributed by atoms with Crippen molar-refractivity contribution in [2.75, 3.05) is 20.2 Å². The van der Waals surface area contributed by atoms with E-state index in [1.54, 1.807) is 31.4 Å². The molecule has 0 amide bonds. The fourth-order valence-corrected chi connectivity index (χ4v) is 4.98. The molecule has 0 fully saturated rings. The summed E-state index contributed by atoms with van der Waals surface area (Å²) in [6.07, 6.45) is 0.